The molecule has 0 radical (unpaired) electrons. The van der Waals surface area contributed by atoms with E-state index in [2.05, 4.69) is 10.5 Å². The molecule has 1 unspecified atom stereocenters. The highest BCUT2D eigenvalue weighted by atomic mass is 16.5. The number of hydrogen-bond donors (Lipinski definition) is 1. The molecule has 0 saturated heterocycles. The SMILES string of the molecule is CN(Cc1cc(-c2ccccc2)on1)C(=O)CC1NC(=O)c2ccccc21. The molecule has 0 spiro atoms. The maximum Gasteiger partial charge on any atom is 0.252 e. The van der Waals surface area contributed by atoms with Gasteiger partial charge in [0.15, 0.2) is 5.76 Å². The first kappa shape index (κ1) is 17.0. The number of amides is 2. The summed E-state index contributed by atoms with van der Waals surface area (Å²) in [6.45, 7) is 0.345. The van der Waals surface area contributed by atoms with E-state index in [1.165, 1.54) is 0 Å². The Morgan fingerprint density at radius 1 is 1.15 bits per heavy atom. The molecule has 2 heterocycles. The molecule has 6 heteroatoms. The highest BCUT2D eigenvalue weighted by Gasteiger charge is 2.30. The Hall–Kier alpha value is -3.41. The maximum absolute atomic E-state index is 12.6. The van der Waals surface area contributed by atoms with E-state index >= 15 is 0 Å². The molecule has 2 aromatic carbocycles. The molecule has 0 fully saturated rings. The molecule has 1 N–H and O–H groups in total. The lowest BCUT2D eigenvalue weighted by molar-refractivity contribution is -0.131. The van der Waals surface area contributed by atoms with Crippen molar-refractivity contribution in [2.45, 2.75) is 19.0 Å². The second-order valence-corrected chi connectivity index (χ2v) is 6.62. The number of rotatable bonds is 5. The van der Waals surface area contributed by atoms with Crippen LogP contribution in [0.4, 0.5) is 0 Å². The number of hydrogen-bond acceptors (Lipinski definition) is 4. The minimum absolute atomic E-state index is 0.0683. The number of carbonyl (C=O) groups is 2. The summed E-state index contributed by atoms with van der Waals surface area (Å²) in [7, 11) is 1.72. The van der Waals surface area contributed by atoms with E-state index in [0.29, 0.717) is 23.6 Å². The third-order valence-corrected chi connectivity index (χ3v) is 4.71. The molecule has 0 saturated carbocycles. The van der Waals surface area contributed by atoms with Crippen LogP contribution in [0.2, 0.25) is 0 Å². The lowest BCUT2D eigenvalue weighted by atomic mass is 10.0. The average molecular weight is 361 g/mol. The smallest absolute Gasteiger partial charge is 0.252 e. The lowest BCUT2D eigenvalue weighted by Gasteiger charge is -2.18. The van der Waals surface area contributed by atoms with Crippen molar-refractivity contribution >= 4 is 11.8 Å². The number of nitrogens with zero attached hydrogens (tertiary/aromatic N) is 2. The molecule has 1 aliphatic rings. The van der Waals surface area contributed by atoms with Crippen LogP contribution in [-0.4, -0.2) is 28.9 Å². The molecule has 0 bridgehead atoms. The van der Waals surface area contributed by atoms with Crippen molar-refractivity contribution in [2.75, 3.05) is 7.05 Å². The summed E-state index contributed by atoms with van der Waals surface area (Å²) in [5.74, 6) is 0.472. The van der Waals surface area contributed by atoms with Crippen LogP contribution < -0.4 is 5.32 Å². The predicted octanol–water partition coefficient (Wildman–Crippen LogP) is 3.17. The first-order valence-electron chi connectivity index (χ1n) is 8.76. The number of nitrogens with one attached hydrogen (secondary N) is 1. The first-order valence-corrected chi connectivity index (χ1v) is 8.76. The van der Waals surface area contributed by atoms with Gasteiger partial charge < -0.3 is 14.7 Å². The molecule has 0 aliphatic carbocycles. The quantitative estimate of drug-likeness (QED) is 0.757. The van der Waals surface area contributed by atoms with Crippen molar-refractivity contribution in [3.8, 4) is 11.3 Å². The van der Waals surface area contributed by atoms with Gasteiger partial charge in [0.25, 0.3) is 5.91 Å². The molecule has 1 atom stereocenters. The second kappa shape index (κ2) is 7.07. The van der Waals surface area contributed by atoms with Crippen LogP contribution in [0, 0.1) is 0 Å². The van der Waals surface area contributed by atoms with E-state index in [9.17, 15) is 9.59 Å². The Morgan fingerprint density at radius 3 is 2.70 bits per heavy atom. The zero-order chi connectivity index (χ0) is 18.8. The summed E-state index contributed by atoms with van der Waals surface area (Å²) in [5.41, 5.74) is 3.13. The molecular weight excluding hydrogens is 342 g/mol. The Labute approximate surface area is 156 Å². The predicted molar refractivity (Wildman–Crippen MR) is 99.7 cm³/mol. The van der Waals surface area contributed by atoms with Crippen molar-refractivity contribution in [1.82, 2.24) is 15.4 Å². The van der Waals surface area contributed by atoms with Crippen molar-refractivity contribution in [2.24, 2.45) is 0 Å². The van der Waals surface area contributed by atoms with Crippen molar-refractivity contribution in [3.63, 3.8) is 0 Å². The summed E-state index contributed by atoms with van der Waals surface area (Å²) in [6.07, 6.45) is 0.211. The fraction of sp³-hybridized carbons (Fsp3) is 0.190. The largest absolute Gasteiger partial charge is 0.356 e. The van der Waals surface area contributed by atoms with Gasteiger partial charge in [-0.1, -0.05) is 53.7 Å². The fourth-order valence-electron chi connectivity index (χ4n) is 3.27. The molecule has 1 aromatic heterocycles. The van der Waals surface area contributed by atoms with Gasteiger partial charge in [0.05, 0.1) is 19.0 Å². The normalized spacial score (nSPS) is 15.3. The van der Waals surface area contributed by atoms with E-state index in [1.807, 2.05) is 54.6 Å². The van der Waals surface area contributed by atoms with E-state index in [0.717, 1.165) is 11.1 Å². The van der Waals surface area contributed by atoms with Crippen LogP contribution in [-0.2, 0) is 11.3 Å². The lowest BCUT2D eigenvalue weighted by Crippen LogP contribution is -2.30. The number of carbonyl (C=O) groups excluding carboxylic acids is 2. The van der Waals surface area contributed by atoms with Crippen LogP contribution in [0.5, 0.6) is 0 Å². The van der Waals surface area contributed by atoms with Gasteiger partial charge in [-0.05, 0) is 11.6 Å². The van der Waals surface area contributed by atoms with Crippen LogP contribution in [0.1, 0.15) is 34.1 Å². The van der Waals surface area contributed by atoms with Gasteiger partial charge in [0.1, 0.15) is 5.69 Å². The van der Waals surface area contributed by atoms with Gasteiger partial charge in [0, 0.05) is 24.2 Å². The van der Waals surface area contributed by atoms with Gasteiger partial charge in [0.2, 0.25) is 5.91 Å². The summed E-state index contributed by atoms with van der Waals surface area (Å²) in [4.78, 5) is 26.2. The van der Waals surface area contributed by atoms with Gasteiger partial charge in [-0.25, -0.2) is 0 Å². The highest BCUT2D eigenvalue weighted by molar-refractivity contribution is 5.99. The van der Waals surface area contributed by atoms with Crippen molar-refractivity contribution in [1.29, 1.82) is 0 Å². The summed E-state index contributed by atoms with van der Waals surface area (Å²) in [6, 6.07) is 18.6. The molecule has 27 heavy (non-hydrogen) atoms. The van der Waals surface area contributed by atoms with Crippen LogP contribution in [0.3, 0.4) is 0 Å². The third-order valence-electron chi connectivity index (χ3n) is 4.71. The summed E-state index contributed by atoms with van der Waals surface area (Å²) in [5, 5.41) is 6.93. The van der Waals surface area contributed by atoms with E-state index in [4.69, 9.17) is 4.52 Å². The van der Waals surface area contributed by atoms with Gasteiger partial charge in [-0.2, -0.15) is 0 Å². The van der Waals surface area contributed by atoms with Crippen LogP contribution in [0.25, 0.3) is 11.3 Å². The number of benzene rings is 2. The Balaban J connectivity index is 1.41. The second-order valence-electron chi connectivity index (χ2n) is 6.62. The minimum Gasteiger partial charge on any atom is -0.356 e. The Kier molecular flexibility index (Phi) is 4.46. The van der Waals surface area contributed by atoms with E-state index in [-0.39, 0.29) is 24.3 Å². The molecular formula is C21H19N3O3. The Morgan fingerprint density at radius 2 is 1.89 bits per heavy atom. The highest BCUT2D eigenvalue weighted by Crippen LogP contribution is 2.28. The monoisotopic (exact) mass is 361 g/mol. The fourth-order valence-corrected chi connectivity index (χ4v) is 3.27. The van der Waals surface area contributed by atoms with Crippen LogP contribution >= 0.6 is 0 Å². The van der Waals surface area contributed by atoms with Crippen molar-refractivity contribution < 1.29 is 14.1 Å². The summed E-state index contributed by atoms with van der Waals surface area (Å²) >= 11 is 0. The topological polar surface area (TPSA) is 75.4 Å². The Bertz CT molecular complexity index is 981. The third kappa shape index (κ3) is 3.46. The van der Waals surface area contributed by atoms with Gasteiger partial charge in [-0.15, -0.1) is 0 Å². The zero-order valence-electron chi connectivity index (χ0n) is 14.9. The van der Waals surface area contributed by atoms with Gasteiger partial charge in [-0.3, -0.25) is 9.59 Å². The molecule has 3 aromatic rings. The standard InChI is InChI=1S/C21H19N3O3/c1-24(13-15-11-19(27-23-15)14-7-3-2-4-8-14)20(25)12-18-16-9-5-6-10-17(16)21(26)22-18/h2-11,18H,12-13H2,1H3,(H,22,26). The van der Waals surface area contributed by atoms with Gasteiger partial charge >= 0.3 is 0 Å². The molecule has 2 amide bonds. The molecule has 1 aliphatic heterocycles. The molecule has 136 valence electrons. The summed E-state index contributed by atoms with van der Waals surface area (Å²) < 4.78 is 5.38. The zero-order valence-corrected chi connectivity index (χ0v) is 14.9. The van der Waals surface area contributed by atoms with Crippen molar-refractivity contribution in [3.05, 3.63) is 77.5 Å². The molecule has 6 nitrogen and oxygen atoms in total. The molecule has 4 rings (SSSR count). The first-order chi connectivity index (χ1) is 13.1. The minimum atomic E-state index is -0.291. The van der Waals surface area contributed by atoms with E-state index < -0.39 is 0 Å². The number of fused-ring (bicyclic) bond motifs is 1. The van der Waals surface area contributed by atoms with Crippen LogP contribution in [0.15, 0.2) is 65.2 Å². The van der Waals surface area contributed by atoms with E-state index in [1.54, 1.807) is 18.0 Å². The maximum atomic E-state index is 12.6. The average Bonchev–Trinajstić information content (AvgIpc) is 3.28. The number of aromatic nitrogens is 1.